The molecule has 0 saturated heterocycles. The predicted octanol–water partition coefficient (Wildman–Crippen LogP) is 4.90. The Morgan fingerprint density at radius 2 is 1.66 bits per heavy atom. The quantitative estimate of drug-likeness (QED) is 0.538. The molecule has 1 saturated carbocycles. The molecule has 0 heterocycles. The molecule has 2 unspecified atom stereocenters. The number of Topliss-reactive ketones (excluding diaryl/α,β-unsaturated/α-hetero) is 1. The number of aldehydes is 1. The fourth-order valence-electron chi connectivity index (χ4n) is 3.98. The minimum atomic E-state index is -0.579. The smallest absolute Gasteiger partial charge is 0.148 e. The second-order valence-corrected chi connectivity index (χ2v) is 8.03. The summed E-state index contributed by atoms with van der Waals surface area (Å²) in [6, 6.07) is 19.8. The van der Waals surface area contributed by atoms with Gasteiger partial charge in [-0.05, 0) is 36.8 Å². The maximum Gasteiger partial charge on any atom is 0.148 e. The lowest BCUT2D eigenvalue weighted by Gasteiger charge is -2.40. The molecule has 2 aromatic rings. The molecule has 4 nitrogen and oxygen atoms in total. The zero-order chi connectivity index (χ0) is 20.5. The van der Waals surface area contributed by atoms with E-state index in [4.69, 9.17) is 9.47 Å². The second-order valence-electron chi connectivity index (χ2n) is 8.03. The van der Waals surface area contributed by atoms with E-state index in [1.165, 1.54) is 0 Å². The van der Waals surface area contributed by atoms with Crippen LogP contribution >= 0.6 is 0 Å². The maximum atomic E-state index is 12.8. The molecule has 29 heavy (non-hydrogen) atoms. The van der Waals surface area contributed by atoms with Crippen LogP contribution in [0.2, 0.25) is 0 Å². The average Bonchev–Trinajstić information content (AvgIpc) is 2.76. The zero-order valence-corrected chi connectivity index (χ0v) is 17.1. The van der Waals surface area contributed by atoms with E-state index in [0.717, 1.165) is 30.3 Å². The molecule has 1 aliphatic carbocycles. The van der Waals surface area contributed by atoms with Gasteiger partial charge in [0.05, 0.1) is 24.7 Å². The van der Waals surface area contributed by atoms with Gasteiger partial charge in [0.15, 0.2) is 0 Å². The van der Waals surface area contributed by atoms with Crippen LogP contribution < -0.4 is 0 Å². The summed E-state index contributed by atoms with van der Waals surface area (Å²) in [5, 5.41) is 0. The van der Waals surface area contributed by atoms with E-state index < -0.39 is 11.5 Å². The highest BCUT2D eigenvalue weighted by molar-refractivity contribution is 5.85. The first-order valence-electron chi connectivity index (χ1n) is 10.4. The summed E-state index contributed by atoms with van der Waals surface area (Å²) in [4.78, 5) is 24.3. The van der Waals surface area contributed by atoms with E-state index in [0.29, 0.717) is 32.5 Å². The summed E-state index contributed by atoms with van der Waals surface area (Å²) in [6.07, 6.45) is 3.61. The van der Waals surface area contributed by atoms with Crippen molar-refractivity contribution in [1.82, 2.24) is 0 Å². The normalized spacial score (nSPS) is 22.9. The number of ketones is 1. The van der Waals surface area contributed by atoms with Crippen molar-refractivity contribution in [2.45, 2.75) is 64.4 Å². The highest BCUT2D eigenvalue weighted by atomic mass is 16.5. The summed E-state index contributed by atoms with van der Waals surface area (Å²) < 4.78 is 12.0. The lowest BCUT2D eigenvalue weighted by atomic mass is 9.69. The second kappa shape index (κ2) is 10.5. The molecule has 0 aliphatic heterocycles. The molecule has 1 fully saturated rings. The van der Waals surface area contributed by atoms with Crippen LogP contribution in [0.15, 0.2) is 60.7 Å². The van der Waals surface area contributed by atoms with E-state index in [2.05, 4.69) is 0 Å². The molecular weight excluding hydrogens is 364 g/mol. The van der Waals surface area contributed by atoms with Crippen molar-refractivity contribution >= 4 is 12.1 Å². The molecule has 0 aromatic heterocycles. The third kappa shape index (κ3) is 5.84. The first-order valence-corrected chi connectivity index (χ1v) is 10.4. The van der Waals surface area contributed by atoms with Crippen LogP contribution in [-0.4, -0.2) is 24.3 Å². The first-order chi connectivity index (χ1) is 14.1. The topological polar surface area (TPSA) is 52.6 Å². The van der Waals surface area contributed by atoms with Crippen LogP contribution in [0.3, 0.4) is 0 Å². The van der Waals surface area contributed by atoms with Crippen molar-refractivity contribution in [1.29, 1.82) is 0 Å². The summed E-state index contributed by atoms with van der Waals surface area (Å²) in [6.45, 7) is 2.88. The molecule has 1 aliphatic rings. The molecule has 4 heteroatoms. The Morgan fingerprint density at radius 3 is 2.28 bits per heavy atom. The number of carbonyl (C=O) groups excluding carboxylic acids is 2. The lowest BCUT2D eigenvalue weighted by molar-refractivity contribution is -0.147. The van der Waals surface area contributed by atoms with E-state index in [1.807, 2.05) is 67.6 Å². The van der Waals surface area contributed by atoms with Crippen LogP contribution in [0.1, 0.15) is 50.2 Å². The molecule has 154 valence electrons. The monoisotopic (exact) mass is 394 g/mol. The number of rotatable bonds is 10. The molecule has 2 aromatic carbocycles. The van der Waals surface area contributed by atoms with Gasteiger partial charge in [-0.15, -0.1) is 0 Å². The number of benzene rings is 2. The molecule has 0 radical (unpaired) electrons. The first kappa shape index (κ1) is 21.4. The van der Waals surface area contributed by atoms with Crippen molar-refractivity contribution in [3.05, 3.63) is 71.8 Å². The fourth-order valence-corrected chi connectivity index (χ4v) is 3.98. The number of hydrogen-bond donors (Lipinski definition) is 0. The largest absolute Gasteiger partial charge is 0.373 e. The zero-order valence-electron chi connectivity index (χ0n) is 17.1. The predicted molar refractivity (Wildman–Crippen MR) is 112 cm³/mol. The minimum absolute atomic E-state index is 0.134. The maximum absolute atomic E-state index is 12.8. The summed E-state index contributed by atoms with van der Waals surface area (Å²) in [7, 11) is 0. The summed E-state index contributed by atoms with van der Waals surface area (Å²) >= 11 is 0. The van der Waals surface area contributed by atoms with Crippen molar-refractivity contribution < 1.29 is 19.1 Å². The minimum Gasteiger partial charge on any atom is -0.373 e. The van der Waals surface area contributed by atoms with Crippen LogP contribution in [0.5, 0.6) is 0 Å². The van der Waals surface area contributed by atoms with Gasteiger partial charge in [-0.1, -0.05) is 67.6 Å². The lowest BCUT2D eigenvalue weighted by Crippen LogP contribution is -2.45. The van der Waals surface area contributed by atoms with Gasteiger partial charge in [-0.3, -0.25) is 4.79 Å². The fraction of sp³-hybridized carbons (Fsp3) is 0.440. The van der Waals surface area contributed by atoms with E-state index >= 15 is 0 Å². The van der Waals surface area contributed by atoms with Gasteiger partial charge >= 0.3 is 0 Å². The Morgan fingerprint density at radius 1 is 1.03 bits per heavy atom. The van der Waals surface area contributed by atoms with Gasteiger partial charge in [-0.2, -0.15) is 0 Å². The van der Waals surface area contributed by atoms with Gasteiger partial charge < -0.3 is 14.3 Å². The standard InChI is InChI=1S/C25H30O4/c1-25(16-15-22(17-26)28-18-20-9-4-2-5-10-20)23(27)13-8-14-24(25)29-19-21-11-6-3-7-12-21/h2-7,9-12,17,22,24H,8,13-16,18-19H2,1H3/t22?,24?,25-/m0/s1. The highest BCUT2D eigenvalue weighted by Crippen LogP contribution is 2.40. The summed E-state index contributed by atoms with van der Waals surface area (Å²) in [5.74, 6) is 0.231. The van der Waals surface area contributed by atoms with E-state index in [-0.39, 0.29) is 11.9 Å². The summed E-state index contributed by atoms with van der Waals surface area (Å²) in [5.41, 5.74) is 1.55. The van der Waals surface area contributed by atoms with Crippen molar-refractivity contribution in [3.63, 3.8) is 0 Å². The third-order valence-electron chi connectivity index (χ3n) is 5.92. The van der Waals surface area contributed by atoms with Crippen LogP contribution in [-0.2, 0) is 32.3 Å². The van der Waals surface area contributed by atoms with Gasteiger partial charge in [0.2, 0.25) is 0 Å². The third-order valence-corrected chi connectivity index (χ3v) is 5.92. The van der Waals surface area contributed by atoms with Crippen LogP contribution in [0.25, 0.3) is 0 Å². The van der Waals surface area contributed by atoms with Gasteiger partial charge in [0.1, 0.15) is 18.2 Å². The molecule has 3 rings (SSSR count). The van der Waals surface area contributed by atoms with Gasteiger partial charge in [-0.25, -0.2) is 0 Å². The molecule has 0 bridgehead atoms. The van der Waals surface area contributed by atoms with Crippen molar-refractivity contribution in [2.75, 3.05) is 0 Å². The Balaban J connectivity index is 1.58. The van der Waals surface area contributed by atoms with Crippen LogP contribution in [0.4, 0.5) is 0 Å². The van der Waals surface area contributed by atoms with Gasteiger partial charge in [0.25, 0.3) is 0 Å². The molecule has 0 amide bonds. The Kier molecular flexibility index (Phi) is 7.73. The van der Waals surface area contributed by atoms with Gasteiger partial charge in [0, 0.05) is 6.42 Å². The van der Waals surface area contributed by atoms with Crippen molar-refractivity contribution in [3.8, 4) is 0 Å². The highest BCUT2D eigenvalue weighted by Gasteiger charge is 2.44. The van der Waals surface area contributed by atoms with E-state index in [1.54, 1.807) is 0 Å². The van der Waals surface area contributed by atoms with Crippen LogP contribution in [0, 0.1) is 5.41 Å². The number of carbonyl (C=O) groups is 2. The molecule has 3 atom stereocenters. The average molecular weight is 395 g/mol. The number of ether oxygens (including phenoxy) is 2. The molecule has 0 N–H and O–H groups in total. The molecular formula is C25H30O4. The SMILES string of the molecule is C[C@]1(CCC(C=O)OCc2ccccc2)C(=O)CCCC1OCc1ccccc1. The Bertz CT molecular complexity index is 774. The van der Waals surface area contributed by atoms with Crippen molar-refractivity contribution in [2.24, 2.45) is 5.41 Å². The Hall–Kier alpha value is -2.30. The van der Waals surface area contributed by atoms with E-state index in [9.17, 15) is 9.59 Å². The molecule has 0 spiro atoms. The number of hydrogen-bond acceptors (Lipinski definition) is 4. The Labute approximate surface area is 173 Å².